The summed E-state index contributed by atoms with van der Waals surface area (Å²) in [4.78, 5) is 27.5. The third-order valence-corrected chi connectivity index (χ3v) is 6.29. The summed E-state index contributed by atoms with van der Waals surface area (Å²) in [7, 11) is 0. The Morgan fingerprint density at radius 3 is 2.59 bits per heavy atom. The van der Waals surface area contributed by atoms with Crippen LogP contribution in [0.2, 0.25) is 0 Å². The molecule has 0 saturated carbocycles. The number of para-hydroxylation sites is 1. The van der Waals surface area contributed by atoms with Crippen molar-refractivity contribution in [1.82, 2.24) is 20.0 Å². The van der Waals surface area contributed by atoms with E-state index in [1.807, 2.05) is 42.5 Å². The topological polar surface area (TPSA) is 76.5 Å². The monoisotopic (exact) mass is 460 g/mol. The Labute approximate surface area is 200 Å². The molecule has 2 aromatic carbocycles. The first-order valence-electron chi connectivity index (χ1n) is 12.0. The predicted octanol–water partition coefficient (Wildman–Crippen LogP) is 3.63. The molecule has 1 aromatic heterocycles. The highest BCUT2D eigenvalue weighted by atomic mass is 16.5. The van der Waals surface area contributed by atoms with Gasteiger partial charge < -0.3 is 10.1 Å². The summed E-state index contributed by atoms with van der Waals surface area (Å²) < 4.78 is 6.92. The van der Waals surface area contributed by atoms with Crippen LogP contribution in [0.1, 0.15) is 47.8 Å². The second kappa shape index (κ2) is 11.6. The fourth-order valence-electron chi connectivity index (χ4n) is 4.26. The fraction of sp³-hybridized carbons (Fsp3) is 0.370. The number of hydrogen-bond acceptors (Lipinski definition) is 5. The molecule has 7 heteroatoms. The molecule has 1 fully saturated rings. The highest BCUT2D eigenvalue weighted by Crippen LogP contribution is 2.21. The summed E-state index contributed by atoms with van der Waals surface area (Å²) in [5.74, 6) is 0.418. The van der Waals surface area contributed by atoms with Gasteiger partial charge in [-0.2, -0.15) is 5.10 Å². The van der Waals surface area contributed by atoms with Crippen molar-refractivity contribution >= 4 is 5.91 Å². The van der Waals surface area contributed by atoms with E-state index in [4.69, 9.17) is 4.74 Å². The van der Waals surface area contributed by atoms with Crippen LogP contribution in [0.4, 0.5) is 0 Å². The highest BCUT2D eigenvalue weighted by Gasteiger charge is 2.19. The summed E-state index contributed by atoms with van der Waals surface area (Å²) >= 11 is 0. The van der Waals surface area contributed by atoms with E-state index in [0.29, 0.717) is 12.6 Å². The number of benzene rings is 2. The first kappa shape index (κ1) is 23.7. The number of hydrogen-bond donors (Lipinski definition) is 1. The standard InChI is InChI=1S/C27H32N4O3/c1-21-9-7-8-16-30(21)20-23-11-6-5-10-22(23)19-28-27(33)25-14-15-26(32)31(29-25)17-18-34-24-12-3-2-4-13-24/h2-6,10-15,21H,7-9,16-20H2,1H3,(H,28,33). The zero-order chi connectivity index (χ0) is 23.8. The van der Waals surface area contributed by atoms with Gasteiger partial charge in [0.05, 0.1) is 6.54 Å². The van der Waals surface area contributed by atoms with Crippen LogP contribution in [0, 0.1) is 0 Å². The van der Waals surface area contributed by atoms with Crippen molar-refractivity contribution in [2.24, 2.45) is 0 Å². The number of carbonyl (C=O) groups excluding carboxylic acids is 1. The Bertz CT molecular complexity index is 1150. The molecule has 1 amide bonds. The summed E-state index contributed by atoms with van der Waals surface area (Å²) in [6.45, 7) is 5.24. The van der Waals surface area contributed by atoms with Crippen LogP contribution in [0.3, 0.4) is 0 Å². The largest absolute Gasteiger partial charge is 0.492 e. The van der Waals surface area contributed by atoms with Crippen LogP contribution in [0.5, 0.6) is 5.75 Å². The van der Waals surface area contributed by atoms with Gasteiger partial charge in [0.2, 0.25) is 0 Å². The quantitative estimate of drug-likeness (QED) is 0.528. The SMILES string of the molecule is CC1CCCCN1Cc1ccccc1CNC(=O)c1ccc(=O)n(CCOc2ccccc2)n1. The smallest absolute Gasteiger partial charge is 0.271 e. The summed E-state index contributed by atoms with van der Waals surface area (Å²) in [5, 5.41) is 7.21. The molecular formula is C27H32N4O3. The lowest BCUT2D eigenvalue weighted by atomic mass is 10.0. The van der Waals surface area contributed by atoms with Gasteiger partial charge in [0.15, 0.2) is 0 Å². The van der Waals surface area contributed by atoms with Crippen molar-refractivity contribution < 1.29 is 9.53 Å². The number of ether oxygens (including phenoxy) is 1. The molecule has 1 atom stereocenters. The Hall–Kier alpha value is -3.45. The maximum atomic E-state index is 12.8. The van der Waals surface area contributed by atoms with Crippen LogP contribution >= 0.6 is 0 Å². The van der Waals surface area contributed by atoms with Crippen LogP contribution < -0.4 is 15.6 Å². The zero-order valence-corrected chi connectivity index (χ0v) is 19.7. The Morgan fingerprint density at radius 1 is 1.03 bits per heavy atom. The third-order valence-electron chi connectivity index (χ3n) is 6.29. The van der Waals surface area contributed by atoms with Gasteiger partial charge in [-0.05, 0) is 55.6 Å². The molecule has 2 heterocycles. The Balaban J connectivity index is 1.36. The molecule has 7 nitrogen and oxygen atoms in total. The van der Waals surface area contributed by atoms with Gasteiger partial charge in [-0.15, -0.1) is 0 Å². The van der Waals surface area contributed by atoms with Gasteiger partial charge in [-0.25, -0.2) is 4.68 Å². The number of aromatic nitrogens is 2. The first-order chi connectivity index (χ1) is 16.6. The van der Waals surface area contributed by atoms with Gasteiger partial charge in [0, 0.05) is 25.2 Å². The van der Waals surface area contributed by atoms with Crippen molar-refractivity contribution in [3.05, 3.63) is 93.9 Å². The van der Waals surface area contributed by atoms with E-state index in [1.54, 1.807) is 0 Å². The van der Waals surface area contributed by atoms with E-state index in [0.717, 1.165) is 24.4 Å². The summed E-state index contributed by atoms with van der Waals surface area (Å²) in [6.07, 6.45) is 3.76. The molecular weight excluding hydrogens is 428 g/mol. The lowest BCUT2D eigenvalue weighted by molar-refractivity contribution is 0.0942. The van der Waals surface area contributed by atoms with Crippen LogP contribution in [0.15, 0.2) is 71.5 Å². The van der Waals surface area contributed by atoms with Crippen LogP contribution in [-0.4, -0.2) is 39.8 Å². The van der Waals surface area contributed by atoms with Crippen molar-refractivity contribution in [1.29, 1.82) is 0 Å². The second-order valence-electron chi connectivity index (χ2n) is 8.71. The molecule has 178 valence electrons. The Kier molecular flexibility index (Phi) is 8.09. The zero-order valence-electron chi connectivity index (χ0n) is 19.7. The summed E-state index contributed by atoms with van der Waals surface area (Å²) in [6, 6.07) is 21.0. The minimum absolute atomic E-state index is 0.210. The van der Waals surface area contributed by atoms with Gasteiger partial charge >= 0.3 is 0 Å². The molecule has 3 aromatic rings. The van der Waals surface area contributed by atoms with Gasteiger partial charge in [-0.1, -0.05) is 48.9 Å². The van der Waals surface area contributed by atoms with Crippen LogP contribution in [0.25, 0.3) is 0 Å². The number of likely N-dealkylation sites (tertiary alicyclic amines) is 1. The van der Waals surface area contributed by atoms with Gasteiger partial charge in [0.1, 0.15) is 18.1 Å². The average molecular weight is 461 g/mol. The van der Waals surface area contributed by atoms with E-state index in [2.05, 4.69) is 34.4 Å². The van der Waals surface area contributed by atoms with E-state index < -0.39 is 0 Å². The highest BCUT2D eigenvalue weighted by molar-refractivity contribution is 5.91. The number of rotatable bonds is 9. The minimum atomic E-state index is -0.307. The lowest BCUT2D eigenvalue weighted by Crippen LogP contribution is -2.37. The first-order valence-corrected chi connectivity index (χ1v) is 12.0. The number of piperidine rings is 1. The van der Waals surface area contributed by atoms with E-state index in [1.165, 1.54) is 41.6 Å². The summed E-state index contributed by atoms with van der Waals surface area (Å²) in [5.41, 5.74) is 2.27. The maximum absolute atomic E-state index is 12.8. The van der Waals surface area contributed by atoms with Crippen molar-refractivity contribution in [2.75, 3.05) is 13.2 Å². The molecule has 1 unspecified atom stereocenters. The maximum Gasteiger partial charge on any atom is 0.271 e. The predicted molar refractivity (Wildman–Crippen MR) is 132 cm³/mol. The van der Waals surface area contributed by atoms with Crippen molar-refractivity contribution in [3.63, 3.8) is 0 Å². The second-order valence-corrected chi connectivity index (χ2v) is 8.71. The molecule has 0 bridgehead atoms. The molecule has 1 N–H and O–H groups in total. The lowest BCUT2D eigenvalue weighted by Gasteiger charge is -2.33. The van der Waals surface area contributed by atoms with E-state index in [-0.39, 0.29) is 30.3 Å². The Morgan fingerprint density at radius 2 is 1.79 bits per heavy atom. The van der Waals surface area contributed by atoms with Crippen molar-refractivity contribution in [2.45, 2.75) is 51.9 Å². The average Bonchev–Trinajstić information content (AvgIpc) is 2.86. The van der Waals surface area contributed by atoms with Crippen LogP contribution in [-0.2, 0) is 19.6 Å². The number of nitrogens with zero attached hydrogens (tertiary/aromatic N) is 3. The molecule has 1 saturated heterocycles. The molecule has 0 spiro atoms. The molecule has 1 aliphatic heterocycles. The van der Waals surface area contributed by atoms with E-state index in [9.17, 15) is 9.59 Å². The number of amides is 1. The molecule has 34 heavy (non-hydrogen) atoms. The molecule has 0 aliphatic carbocycles. The van der Waals surface area contributed by atoms with Gasteiger partial charge in [-0.3, -0.25) is 14.5 Å². The molecule has 0 radical (unpaired) electrons. The van der Waals surface area contributed by atoms with E-state index >= 15 is 0 Å². The molecule has 1 aliphatic rings. The third kappa shape index (κ3) is 6.32. The fourth-order valence-corrected chi connectivity index (χ4v) is 4.26. The number of nitrogens with one attached hydrogen (secondary N) is 1. The van der Waals surface area contributed by atoms with Crippen molar-refractivity contribution in [3.8, 4) is 5.75 Å². The normalized spacial score (nSPS) is 16.2. The van der Waals surface area contributed by atoms with Gasteiger partial charge in [0.25, 0.3) is 11.5 Å². The minimum Gasteiger partial charge on any atom is -0.492 e. The molecule has 4 rings (SSSR count). The number of carbonyl (C=O) groups is 1.